The van der Waals surface area contributed by atoms with Gasteiger partial charge in [-0.25, -0.2) is 4.98 Å². The lowest BCUT2D eigenvalue weighted by Crippen LogP contribution is -2.53. The summed E-state index contributed by atoms with van der Waals surface area (Å²) >= 11 is 0. The van der Waals surface area contributed by atoms with E-state index in [0.717, 1.165) is 86.1 Å². The molecule has 2 atom stereocenters. The fourth-order valence-electron chi connectivity index (χ4n) is 7.24. The zero-order chi connectivity index (χ0) is 33.9. The van der Waals surface area contributed by atoms with E-state index in [1.165, 1.54) is 11.1 Å². The summed E-state index contributed by atoms with van der Waals surface area (Å²) in [4.78, 5) is 52.5. The summed E-state index contributed by atoms with van der Waals surface area (Å²) in [6, 6.07) is 11.2. The van der Waals surface area contributed by atoms with E-state index in [-0.39, 0.29) is 24.8 Å². The first-order valence-electron chi connectivity index (χ1n) is 17.3. The number of amides is 3. The van der Waals surface area contributed by atoms with Crippen LogP contribution in [-0.2, 0) is 9.59 Å². The van der Waals surface area contributed by atoms with E-state index < -0.39 is 24.1 Å². The van der Waals surface area contributed by atoms with Gasteiger partial charge in [-0.3, -0.25) is 34.6 Å². The number of hydrogen-bond donors (Lipinski definition) is 6. The lowest BCUT2D eigenvalue weighted by Gasteiger charge is -2.32. The molecule has 1 saturated carbocycles. The molecule has 13 nitrogen and oxygen atoms in total. The molecule has 4 aliphatic rings. The Kier molecular flexibility index (Phi) is 9.54. The van der Waals surface area contributed by atoms with Crippen molar-refractivity contribution in [3.05, 3.63) is 65.6 Å². The Morgan fingerprint density at radius 2 is 1.88 bits per heavy atom. The first kappa shape index (κ1) is 32.7. The SMILES string of the molecule is NC=C(C=NC1CC(CCCNc2ccc3c(c2)C(=O)N(C2CCC(=O)NC2=O)C3O)C1)c1cnc2ccc(NC3CCNCC3)cc2n1. The number of piperidine rings is 2. The van der Waals surface area contributed by atoms with Crippen LogP contribution in [0.3, 0.4) is 0 Å². The van der Waals surface area contributed by atoms with Gasteiger partial charge in [0.1, 0.15) is 6.04 Å². The molecule has 0 bridgehead atoms. The van der Waals surface area contributed by atoms with Crippen molar-refractivity contribution in [2.75, 3.05) is 30.3 Å². The van der Waals surface area contributed by atoms with E-state index in [2.05, 4.69) is 38.4 Å². The van der Waals surface area contributed by atoms with Crippen LogP contribution in [0.15, 0.2) is 53.8 Å². The fourth-order valence-corrected chi connectivity index (χ4v) is 7.24. The van der Waals surface area contributed by atoms with Gasteiger partial charge in [0.25, 0.3) is 5.91 Å². The number of aliphatic hydroxyl groups is 1. The van der Waals surface area contributed by atoms with Crippen molar-refractivity contribution in [1.82, 2.24) is 25.5 Å². The van der Waals surface area contributed by atoms with Crippen LogP contribution in [0.2, 0.25) is 0 Å². The second-order valence-electron chi connectivity index (χ2n) is 13.4. The number of aliphatic imine (C=N–C) groups is 1. The number of anilines is 2. The molecule has 3 amide bonds. The number of benzene rings is 2. The number of allylic oxidation sites excluding steroid dienone is 1. The first-order valence-corrected chi connectivity index (χ1v) is 17.3. The van der Waals surface area contributed by atoms with Crippen molar-refractivity contribution in [2.24, 2.45) is 16.6 Å². The Bertz CT molecular complexity index is 1800. The number of fused-ring (bicyclic) bond motifs is 2. The molecule has 49 heavy (non-hydrogen) atoms. The molecule has 7 rings (SSSR count). The Labute approximate surface area is 284 Å². The number of aliphatic hydroxyl groups excluding tert-OH is 1. The van der Waals surface area contributed by atoms with Crippen molar-refractivity contribution in [3.63, 3.8) is 0 Å². The highest BCUT2D eigenvalue weighted by molar-refractivity contribution is 6.09. The van der Waals surface area contributed by atoms with Crippen LogP contribution in [0.5, 0.6) is 0 Å². The lowest BCUT2D eigenvalue weighted by molar-refractivity contribution is -0.139. The highest BCUT2D eigenvalue weighted by Gasteiger charge is 2.44. The maximum absolute atomic E-state index is 13.1. The van der Waals surface area contributed by atoms with Gasteiger partial charge in [0.05, 0.1) is 29.0 Å². The van der Waals surface area contributed by atoms with Crippen LogP contribution in [0.25, 0.3) is 16.6 Å². The molecule has 1 aromatic heterocycles. The van der Waals surface area contributed by atoms with Crippen LogP contribution in [-0.4, -0.2) is 81.7 Å². The molecular formula is C36H43N9O4. The Hall–Kier alpha value is -4.88. The second kappa shape index (κ2) is 14.3. The minimum atomic E-state index is -1.22. The molecule has 1 aliphatic carbocycles. The molecule has 3 aliphatic heterocycles. The third-order valence-corrected chi connectivity index (χ3v) is 10.1. The van der Waals surface area contributed by atoms with Gasteiger partial charge in [-0.05, 0) is 94.3 Å². The molecule has 256 valence electrons. The molecule has 13 heteroatoms. The van der Waals surface area contributed by atoms with Crippen LogP contribution < -0.4 is 27.0 Å². The molecule has 3 fully saturated rings. The van der Waals surface area contributed by atoms with Crippen LogP contribution in [0.1, 0.15) is 79.2 Å². The molecule has 4 heterocycles. The number of hydrogen-bond acceptors (Lipinski definition) is 11. The number of carbonyl (C=O) groups is 3. The van der Waals surface area contributed by atoms with Crippen LogP contribution in [0.4, 0.5) is 11.4 Å². The lowest BCUT2D eigenvalue weighted by atomic mass is 9.78. The average molecular weight is 666 g/mol. The Balaban J connectivity index is 0.862. The molecule has 3 aromatic rings. The zero-order valence-corrected chi connectivity index (χ0v) is 27.4. The van der Waals surface area contributed by atoms with Gasteiger partial charge in [-0.2, -0.15) is 0 Å². The number of aromatic nitrogens is 2. The van der Waals surface area contributed by atoms with E-state index in [4.69, 9.17) is 15.7 Å². The molecule has 7 N–H and O–H groups in total. The summed E-state index contributed by atoms with van der Waals surface area (Å²) in [5, 5.41) is 23.5. The van der Waals surface area contributed by atoms with E-state index in [9.17, 15) is 19.5 Å². The predicted molar refractivity (Wildman–Crippen MR) is 188 cm³/mol. The summed E-state index contributed by atoms with van der Waals surface area (Å²) in [7, 11) is 0. The fraction of sp³-hybridized carbons (Fsp3) is 0.444. The van der Waals surface area contributed by atoms with Crippen molar-refractivity contribution in [1.29, 1.82) is 0 Å². The molecule has 2 unspecified atom stereocenters. The van der Waals surface area contributed by atoms with Crippen molar-refractivity contribution < 1.29 is 19.5 Å². The number of nitrogens with one attached hydrogen (secondary N) is 4. The zero-order valence-electron chi connectivity index (χ0n) is 27.4. The predicted octanol–water partition coefficient (Wildman–Crippen LogP) is 3.09. The third-order valence-electron chi connectivity index (χ3n) is 10.1. The van der Waals surface area contributed by atoms with E-state index >= 15 is 0 Å². The highest BCUT2D eigenvalue weighted by atomic mass is 16.3. The number of carbonyl (C=O) groups excluding carboxylic acids is 3. The number of nitrogens with two attached hydrogens (primary N) is 1. The van der Waals surface area contributed by atoms with Gasteiger partial charge in [-0.1, -0.05) is 6.07 Å². The van der Waals surface area contributed by atoms with Gasteiger partial charge in [0, 0.05) is 59.5 Å². The summed E-state index contributed by atoms with van der Waals surface area (Å²) in [5.41, 5.74) is 11.8. The first-order chi connectivity index (χ1) is 23.9. The Morgan fingerprint density at radius 3 is 2.67 bits per heavy atom. The quantitative estimate of drug-likeness (QED) is 0.101. The van der Waals surface area contributed by atoms with Gasteiger partial charge in [0.2, 0.25) is 11.8 Å². The van der Waals surface area contributed by atoms with E-state index in [0.29, 0.717) is 28.8 Å². The second-order valence-corrected chi connectivity index (χ2v) is 13.4. The maximum Gasteiger partial charge on any atom is 0.257 e. The third kappa shape index (κ3) is 7.13. The van der Waals surface area contributed by atoms with E-state index in [1.54, 1.807) is 18.3 Å². The van der Waals surface area contributed by atoms with Crippen LogP contribution in [0, 0.1) is 5.92 Å². The number of rotatable bonds is 11. The molecular weight excluding hydrogens is 622 g/mol. The minimum absolute atomic E-state index is 0.133. The van der Waals surface area contributed by atoms with Crippen molar-refractivity contribution in [3.8, 4) is 0 Å². The topological polar surface area (TPSA) is 187 Å². The summed E-state index contributed by atoms with van der Waals surface area (Å²) in [6.45, 7) is 2.80. The Morgan fingerprint density at radius 1 is 1.06 bits per heavy atom. The van der Waals surface area contributed by atoms with Crippen molar-refractivity contribution in [2.45, 2.75) is 75.7 Å². The molecule has 0 radical (unpaired) electrons. The standard InChI is InChI=1S/C36H43N9O4/c37-18-22(31-20-41-29-6-4-25(17-30(29)43-31)42-23-9-12-38-13-10-23)19-40-26-14-21(15-26)2-1-11-39-24-3-5-27-28(16-24)36(49)45(35(27)48)32-7-8-33(46)44-34(32)47/h3-6,16-21,23,26,32,35,38-39,42,48H,1-2,7-15,37H2,(H,44,46,47). The molecule has 0 spiro atoms. The van der Waals surface area contributed by atoms with Gasteiger partial charge < -0.3 is 26.8 Å². The van der Waals surface area contributed by atoms with E-state index in [1.807, 2.05) is 18.3 Å². The monoisotopic (exact) mass is 665 g/mol. The summed E-state index contributed by atoms with van der Waals surface area (Å²) < 4.78 is 0. The van der Waals surface area contributed by atoms with Gasteiger partial charge in [-0.15, -0.1) is 0 Å². The van der Waals surface area contributed by atoms with Gasteiger partial charge in [0.15, 0.2) is 6.23 Å². The van der Waals surface area contributed by atoms with Crippen molar-refractivity contribution >= 4 is 51.9 Å². The average Bonchev–Trinajstić information content (AvgIpc) is 3.33. The maximum atomic E-state index is 13.1. The van der Waals surface area contributed by atoms with Crippen LogP contribution >= 0.6 is 0 Å². The smallest absolute Gasteiger partial charge is 0.257 e. The number of nitrogens with zero attached hydrogens (tertiary/aromatic N) is 4. The minimum Gasteiger partial charge on any atom is -0.404 e. The van der Waals surface area contributed by atoms with Gasteiger partial charge >= 0.3 is 0 Å². The highest BCUT2D eigenvalue weighted by Crippen LogP contribution is 2.37. The normalized spacial score (nSPS) is 24.6. The molecule has 2 aromatic carbocycles. The summed E-state index contributed by atoms with van der Waals surface area (Å²) in [5.74, 6) is -0.726. The summed E-state index contributed by atoms with van der Waals surface area (Å²) in [6.07, 6.45) is 10.5. The largest absolute Gasteiger partial charge is 0.404 e. The number of imide groups is 1. The molecule has 2 saturated heterocycles.